The highest BCUT2D eigenvalue weighted by Crippen LogP contribution is 2.40. The highest BCUT2D eigenvalue weighted by atomic mass is 32.2. The second-order valence-corrected chi connectivity index (χ2v) is 14.1. The Balaban J connectivity index is 0.996. The minimum atomic E-state index is -0.583. The molecule has 4 aromatic carbocycles. The fraction of sp³-hybridized carbons (Fsp3) is 0.317. The second kappa shape index (κ2) is 19.2. The Morgan fingerprint density at radius 2 is 1.58 bits per heavy atom. The molecule has 6 N–H and O–H groups in total. The van der Waals surface area contributed by atoms with Crippen LogP contribution in [0, 0.1) is 0 Å². The number of thioether (sulfide) groups is 1. The SMILES string of the molecule is Nc1ccccc1NC(=O)CCCCCCC(=O)NCc1cccc(-c2cccc(C3OC(CSc4ncn[nH]4)CC(c4ccc(CO)cc4)O3)c2)c1. The number of aliphatic hydroxyl groups is 1. The molecule has 11 nitrogen and oxygen atoms in total. The molecule has 3 unspecified atom stereocenters. The predicted molar refractivity (Wildman–Crippen MR) is 206 cm³/mol. The van der Waals surface area contributed by atoms with Crippen molar-refractivity contribution < 1.29 is 24.2 Å². The van der Waals surface area contributed by atoms with Gasteiger partial charge in [0.15, 0.2) is 11.4 Å². The summed E-state index contributed by atoms with van der Waals surface area (Å²) in [7, 11) is 0. The first-order valence-corrected chi connectivity index (χ1v) is 19.0. The van der Waals surface area contributed by atoms with Crippen LogP contribution in [-0.2, 0) is 32.2 Å². The molecule has 1 saturated heterocycles. The van der Waals surface area contributed by atoms with Crippen LogP contribution >= 0.6 is 11.8 Å². The Morgan fingerprint density at radius 1 is 0.830 bits per heavy atom. The van der Waals surface area contributed by atoms with Gasteiger partial charge in [-0.25, -0.2) is 4.98 Å². The van der Waals surface area contributed by atoms with Gasteiger partial charge in [-0.15, -0.1) is 0 Å². The standard InChI is InChI=1S/C41H46N6O5S/c42-35-13-5-6-14-36(35)46-39(50)16-4-2-1-3-15-38(49)43-24-29-9-7-10-31(21-29)32-11-8-12-33(22-32)40-51-34(26-53-41-44-27-45-47-41)23-37(52-40)30-19-17-28(25-48)18-20-30/h5-14,17-22,27,34,37,40,48H,1-4,15-16,23-26,42H2,(H,43,49)(H,46,50)(H,44,45,47). The normalized spacial score (nSPS) is 17.0. The zero-order valence-corrected chi connectivity index (χ0v) is 30.4. The van der Waals surface area contributed by atoms with Crippen LogP contribution in [0.3, 0.4) is 0 Å². The number of hydrogen-bond donors (Lipinski definition) is 5. The van der Waals surface area contributed by atoms with Crippen molar-refractivity contribution in [2.24, 2.45) is 0 Å². The van der Waals surface area contributed by atoms with Crippen LogP contribution < -0.4 is 16.4 Å². The Labute approximate surface area is 314 Å². The van der Waals surface area contributed by atoms with Gasteiger partial charge in [0.2, 0.25) is 11.8 Å². The largest absolute Gasteiger partial charge is 0.397 e. The fourth-order valence-corrected chi connectivity index (χ4v) is 7.02. The molecule has 1 aliphatic rings. The van der Waals surface area contributed by atoms with Gasteiger partial charge in [0, 0.05) is 37.1 Å². The van der Waals surface area contributed by atoms with Crippen molar-refractivity contribution in [1.82, 2.24) is 20.5 Å². The lowest BCUT2D eigenvalue weighted by Crippen LogP contribution is -2.31. The lowest BCUT2D eigenvalue weighted by molar-refractivity contribution is -0.245. The lowest BCUT2D eigenvalue weighted by atomic mass is 9.99. The second-order valence-electron chi connectivity index (χ2n) is 13.1. The van der Waals surface area contributed by atoms with Crippen molar-refractivity contribution in [3.05, 3.63) is 126 Å². The number of nitrogen functional groups attached to an aromatic ring is 1. The van der Waals surface area contributed by atoms with Crippen LogP contribution in [0.1, 0.15) is 79.6 Å². The number of hydrogen-bond acceptors (Lipinski definition) is 9. The Hall–Kier alpha value is -5.01. The number of carbonyl (C=O) groups excluding carboxylic acids is 2. The summed E-state index contributed by atoms with van der Waals surface area (Å²) in [5.41, 5.74) is 12.9. The fourth-order valence-electron chi connectivity index (χ4n) is 6.22. The Morgan fingerprint density at radius 3 is 2.34 bits per heavy atom. The summed E-state index contributed by atoms with van der Waals surface area (Å²) >= 11 is 1.56. The van der Waals surface area contributed by atoms with E-state index >= 15 is 0 Å². The van der Waals surface area contributed by atoms with Gasteiger partial charge in [0.05, 0.1) is 30.2 Å². The average Bonchev–Trinajstić information content (AvgIpc) is 3.72. The molecule has 0 bridgehead atoms. The van der Waals surface area contributed by atoms with Crippen LogP contribution in [0.2, 0.25) is 0 Å². The quantitative estimate of drug-likeness (QED) is 0.0370. The number of rotatable bonds is 17. The number of ether oxygens (including phenoxy) is 2. The molecule has 2 amide bonds. The van der Waals surface area contributed by atoms with E-state index in [0.29, 0.717) is 42.9 Å². The summed E-state index contributed by atoms with van der Waals surface area (Å²) in [4.78, 5) is 29.1. The number of anilines is 2. The molecule has 6 rings (SSSR count). The molecular weight excluding hydrogens is 689 g/mol. The van der Waals surface area contributed by atoms with Crippen molar-refractivity contribution in [2.45, 2.75) is 81.8 Å². The Kier molecular flexibility index (Phi) is 13.7. The third kappa shape index (κ3) is 11.2. The maximum Gasteiger partial charge on any atom is 0.224 e. The van der Waals surface area contributed by atoms with Crippen molar-refractivity contribution in [3.8, 4) is 11.1 Å². The molecular formula is C41H46N6O5S. The molecule has 0 saturated carbocycles. The molecule has 1 aromatic heterocycles. The van der Waals surface area contributed by atoms with E-state index < -0.39 is 6.29 Å². The van der Waals surface area contributed by atoms with E-state index in [1.807, 2.05) is 60.7 Å². The summed E-state index contributed by atoms with van der Waals surface area (Å²) in [5, 5.41) is 23.0. The molecule has 1 aliphatic heterocycles. The number of nitrogens with zero attached hydrogens (tertiary/aromatic N) is 2. The number of nitrogens with two attached hydrogens (primary N) is 1. The number of nitrogens with one attached hydrogen (secondary N) is 3. The summed E-state index contributed by atoms with van der Waals surface area (Å²) in [6.07, 6.45) is 5.45. The molecule has 0 spiro atoms. The first-order valence-electron chi connectivity index (χ1n) is 18.0. The Bertz CT molecular complexity index is 1920. The molecule has 0 radical (unpaired) electrons. The zero-order chi connectivity index (χ0) is 36.8. The van der Waals surface area contributed by atoms with Gasteiger partial charge < -0.3 is 30.9 Å². The molecule has 276 valence electrons. The third-order valence-corrected chi connectivity index (χ3v) is 10.1. The smallest absolute Gasteiger partial charge is 0.224 e. The third-order valence-electron chi connectivity index (χ3n) is 9.12. The van der Waals surface area contributed by atoms with Gasteiger partial charge in [0.25, 0.3) is 0 Å². The molecule has 1 fully saturated rings. The summed E-state index contributed by atoms with van der Waals surface area (Å²) in [6, 6.07) is 31.4. The lowest BCUT2D eigenvalue weighted by Gasteiger charge is -2.36. The maximum atomic E-state index is 12.6. The summed E-state index contributed by atoms with van der Waals surface area (Å²) in [5.74, 6) is 0.638. The zero-order valence-electron chi connectivity index (χ0n) is 29.6. The number of aromatic nitrogens is 3. The van der Waals surface area contributed by atoms with Gasteiger partial charge in [0.1, 0.15) is 6.33 Å². The van der Waals surface area contributed by atoms with Gasteiger partial charge in [-0.05, 0) is 64.9 Å². The van der Waals surface area contributed by atoms with E-state index in [1.54, 1.807) is 23.9 Å². The summed E-state index contributed by atoms with van der Waals surface area (Å²) < 4.78 is 13.1. The van der Waals surface area contributed by atoms with E-state index in [2.05, 4.69) is 50.1 Å². The van der Waals surface area contributed by atoms with Gasteiger partial charge in [-0.3, -0.25) is 14.7 Å². The minimum Gasteiger partial charge on any atom is -0.397 e. The van der Waals surface area contributed by atoms with Crippen molar-refractivity contribution in [3.63, 3.8) is 0 Å². The highest BCUT2D eigenvalue weighted by Gasteiger charge is 2.32. The number of aliphatic hydroxyl groups excluding tert-OH is 1. The topological polar surface area (TPSA) is 164 Å². The van der Waals surface area contributed by atoms with Crippen LogP contribution in [0.5, 0.6) is 0 Å². The van der Waals surface area contributed by atoms with Gasteiger partial charge in [-0.1, -0.05) is 97.4 Å². The van der Waals surface area contributed by atoms with Crippen LogP contribution in [0.4, 0.5) is 11.4 Å². The molecule has 5 aromatic rings. The number of para-hydroxylation sites is 2. The number of amides is 2. The number of aromatic amines is 1. The highest BCUT2D eigenvalue weighted by molar-refractivity contribution is 7.99. The maximum absolute atomic E-state index is 12.6. The van der Waals surface area contributed by atoms with E-state index in [0.717, 1.165) is 64.2 Å². The van der Waals surface area contributed by atoms with Crippen LogP contribution in [0.25, 0.3) is 11.1 Å². The van der Waals surface area contributed by atoms with Crippen molar-refractivity contribution >= 4 is 35.0 Å². The van der Waals surface area contributed by atoms with E-state index in [9.17, 15) is 14.7 Å². The molecule has 53 heavy (non-hydrogen) atoms. The number of unbranched alkanes of at least 4 members (excludes halogenated alkanes) is 3. The monoisotopic (exact) mass is 734 g/mol. The van der Waals surface area contributed by atoms with Crippen LogP contribution in [-0.4, -0.2) is 44.0 Å². The number of H-pyrrole nitrogens is 1. The van der Waals surface area contributed by atoms with E-state index in [4.69, 9.17) is 15.2 Å². The van der Waals surface area contributed by atoms with Gasteiger partial charge in [-0.2, -0.15) is 5.10 Å². The number of carbonyl (C=O) groups is 2. The minimum absolute atomic E-state index is 0.00863. The van der Waals surface area contributed by atoms with Gasteiger partial charge >= 0.3 is 0 Å². The molecule has 12 heteroatoms. The van der Waals surface area contributed by atoms with E-state index in [-0.39, 0.29) is 30.6 Å². The molecule has 3 atom stereocenters. The first kappa shape index (κ1) is 37.7. The van der Waals surface area contributed by atoms with E-state index in [1.165, 1.54) is 6.33 Å². The number of benzene rings is 4. The molecule has 2 heterocycles. The molecule has 0 aliphatic carbocycles. The average molecular weight is 735 g/mol. The van der Waals surface area contributed by atoms with Crippen molar-refractivity contribution in [1.29, 1.82) is 0 Å². The first-order chi connectivity index (χ1) is 25.9. The summed E-state index contributed by atoms with van der Waals surface area (Å²) in [6.45, 7) is 0.427. The predicted octanol–water partition coefficient (Wildman–Crippen LogP) is 7.48. The van der Waals surface area contributed by atoms with Crippen molar-refractivity contribution in [2.75, 3.05) is 16.8 Å². The van der Waals surface area contributed by atoms with Crippen LogP contribution in [0.15, 0.2) is 109 Å².